The van der Waals surface area contributed by atoms with Crippen LogP contribution >= 0.6 is 0 Å². The highest BCUT2D eigenvalue weighted by Crippen LogP contribution is 2.27. The first-order valence-corrected chi connectivity index (χ1v) is 9.59. The highest BCUT2D eigenvalue weighted by atomic mass is 32.2. The fourth-order valence-electron chi connectivity index (χ4n) is 3.12. The lowest BCUT2D eigenvalue weighted by Crippen LogP contribution is -2.62. The van der Waals surface area contributed by atoms with E-state index < -0.39 is 15.9 Å². The molecule has 2 amide bonds. The van der Waals surface area contributed by atoms with E-state index in [2.05, 4.69) is 0 Å². The molecule has 2 heterocycles. The molecule has 2 aliphatic rings. The van der Waals surface area contributed by atoms with Crippen LogP contribution in [0.2, 0.25) is 0 Å². The van der Waals surface area contributed by atoms with Crippen molar-refractivity contribution in [2.75, 3.05) is 58.4 Å². The number of carbonyl (C=O) groups excluding carboxylic acids is 2. The summed E-state index contributed by atoms with van der Waals surface area (Å²) in [7, 11) is 0.141. The van der Waals surface area contributed by atoms with Gasteiger partial charge in [-0.1, -0.05) is 0 Å². The Bertz CT molecular complexity index is 563. The van der Waals surface area contributed by atoms with Crippen LogP contribution < -0.4 is 0 Å². The van der Waals surface area contributed by atoms with Gasteiger partial charge in [-0.2, -0.15) is 0 Å². The minimum Gasteiger partial charge on any atom is -0.372 e. The summed E-state index contributed by atoms with van der Waals surface area (Å²) in [6, 6.07) is -0.708. The van der Waals surface area contributed by atoms with Gasteiger partial charge in [-0.05, 0) is 6.92 Å². The fourth-order valence-corrected chi connectivity index (χ4v) is 5.13. The first kappa shape index (κ1) is 18.2. The summed E-state index contributed by atoms with van der Waals surface area (Å²) in [5, 5.41) is 0. The van der Waals surface area contributed by atoms with Gasteiger partial charge in [0, 0.05) is 39.8 Å². The van der Waals surface area contributed by atoms with Crippen molar-refractivity contribution in [2.24, 2.45) is 0 Å². The maximum atomic E-state index is 12.3. The molecule has 0 spiro atoms. The Morgan fingerprint density at radius 2 is 1.83 bits per heavy atom. The smallest absolute Gasteiger partial charge is 0.248 e. The van der Waals surface area contributed by atoms with Crippen molar-refractivity contribution in [3.05, 3.63) is 0 Å². The maximum Gasteiger partial charge on any atom is 0.248 e. The highest BCUT2D eigenvalue weighted by molar-refractivity contribution is 7.91. The van der Waals surface area contributed by atoms with Gasteiger partial charge in [0.15, 0.2) is 9.84 Å². The van der Waals surface area contributed by atoms with Crippen molar-refractivity contribution in [2.45, 2.75) is 19.0 Å². The molecular formula is C14H25N3O5S. The van der Waals surface area contributed by atoms with E-state index >= 15 is 0 Å². The number of piperazine rings is 1. The molecule has 23 heavy (non-hydrogen) atoms. The molecule has 9 heteroatoms. The third-order valence-corrected chi connectivity index (χ3v) is 6.08. The maximum absolute atomic E-state index is 12.3. The van der Waals surface area contributed by atoms with Crippen molar-refractivity contribution < 1.29 is 22.7 Å². The molecule has 0 aliphatic carbocycles. The van der Waals surface area contributed by atoms with Crippen molar-refractivity contribution >= 4 is 21.7 Å². The third kappa shape index (κ3) is 4.21. The predicted molar refractivity (Wildman–Crippen MR) is 84.7 cm³/mol. The lowest BCUT2D eigenvalue weighted by Gasteiger charge is -2.43. The molecule has 0 radical (unpaired) electrons. The van der Waals surface area contributed by atoms with E-state index in [-0.39, 0.29) is 42.5 Å². The highest BCUT2D eigenvalue weighted by Gasteiger charge is 2.48. The molecule has 2 aliphatic heterocycles. The number of fused-ring (bicyclic) bond motifs is 1. The molecule has 0 saturated carbocycles. The summed E-state index contributed by atoms with van der Waals surface area (Å²) in [4.78, 5) is 29.2. The standard InChI is InChI=1S/C14H25N3O5S/c1-4-22-8-14(19)17-6-5-16(7-13(18)15(2)3)11-9-23(20,21)10-12(11)17/h11-12H,4-10H2,1-3H3/t11-,12+/m0/s1. The zero-order valence-corrected chi connectivity index (χ0v) is 14.7. The average Bonchev–Trinajstić information content (AvgIpc) is 2.80. The molecule has 132 valence electrons. The lowest BCUT2D eigenvalue weighted by molar-refractivity contribution is -0.142. The number of hydrogen-bond acceptors (Lipinski definition) is 6. The Kier molecular flexibility index (Phi) is 5.64. The molecule has 0 aromatic rings. The van der Waals surface area contributed by atoms with Crippen molar-refractivity contribution in [3.63, 3.8) is 0 Å². The number of amides is 2. The number of nitrogens with zero attached hydrogens (tertiary/aromatic N) is 3. The van der Waals surface area contributed by atoms with Crippen LogP contribution in [0.1, 0.15) is 6.92 Å². The second-order valence-electron chi connectivity index (χ2n) is 6.19. The number of likely N-dealkylation sites (N-methyl/N-ethyl adjacent to an activating group) is 1. The molecule has 2 saturated heterocycles. The van der Waals surface area contributed by atoms with Gasteiger partial charge >= 0.3 is 0 Å². The normalized spacial score (nSPS) is 26.8. The van der Waals surface area contributed by atoms with Crippen molar-refractivity contribution in [1.82, 2.24) is 14.7 Å². The Hall–Kier alpha value is -1.19. The molecule has 2 fully saturated rings. The number of rotatable bonds is 5. The SMILES string of the molecule is CCOCC(=O)N1CCN(CC(=O)N(C)C)[C@H]2CS(=O)(=O)C[C@H]21. The second kappa shape index (κ2) is 7.14. The molecule has 8 nitrogen and oxygen atoms in total. The Balaban J connectivity index is 2.13. The van der Waals surface area contributed by atoms with Crippen LogP contribution in [-0.2, 0) is 24.2 Å². The molecule has 0 aromatic carbocycles. The van der Waals surface area contributed by atoms with Crippen LogP contribution in [0.15, 0.2) is 0 Å². The molecule has 0 aromatic heterocycles. The summed E-state index contributed by atoms with van der Waals surface area (Å²) in [6.45, 7) is 3.31. The molecule has 0 bridgehead atoms. The Labute approximate surface area is 137 Å². The lowest BCUT2D eigenvalue weighted by atomic mass is 10.0. The Morgan fingerprint density at radius 1 is 1.17 bits per heavy atom. The molecule has 0 unspecified atom stereocenters. The largest absolute Gasteiger partial charge is 0.372 e. The van der Waals surface area contributed by atoms with E-state index in [1.54, 1.807) is 25.9 Å². The fraction of sp³-hybridized carbons (Fsp3) is 0.857. The van der Waals surface area contributed by atoms with E-state index in [0.29, 0.717) is 19.7 Å². The van der Waals surface area contributed by atoms with Gasteiger partial charge in [-0.15, -0.1) is 0 Å². The van der Waals surface area contributed by atoms with Crippen LogP contribution in [-0.4, -0.2) is 105 Å². The zero-order valence-electron chi connectivity index (χ0n) is 13.9. The van der Waals surface area contributed by atoms with Gasteiger partial charge < -0.3 is 14.5 Å². The monoisotopic (exact) mass is 347 g/mol. The summed E-state index contributed by atoms with van der Waals surface area (Å²) < 4.78 is 29.3. The topological polar surface area (TPSA) is 87.2 Å². The number of carbonyl (C=O) groups is 2. The first-order valence-electron chi connectivity index (χ1n) is 7.77. The van der Waals surface area contributed by atoms with Gasteiger partial charge in [0.25, 0.3) is 0 Å². The first-order chi connectivity index (χ1) is 10.7. The van der Waals surface area contributed by atoms with E-state index in [0.717, 1.165) is 0 Å². The van der Waals surface area contributed by atoms with Gasteiger partial charge in [0.2, 0.25) is 11.8 Å². The summed E-state index contributed by atoms with van der Waals surface area (Å²) in [5.41, 5.74) is 0. The van der Waals surface area contributed by atoms with Crippen LogP contribution in [0.3, 0.4) is 0 Å². The molecule has 0 N–H and O–H groups in total. The van der Waals surface area contributed by atoms with Crippen LogP contribution in [0.4, 0.5) is 0 Å². The number of hydrogen-bond donors (Lipinski definition) is 0. The summed E-state index contributed by atoms with van der Waals surface area (Å²) in [6.07, 6.45) is 0. The van der Waals surface area contributed by atoms with Crippen molar-refractivity contribution in [1.29, 1.82) is 0 Å². The molecular weight excluding hydrogens is 322 g/mol. The van der Waals surface area contributed by atoms with E-state index in [9.17, 15) is 18.0 Å². The van der Waals surface area contributed by atoms with Crippen LogP contribution in [0.5, 0.6) is 0 Å². The zero-order chi connectivity index (χ0) is 17.2. The second-order valence-corrected chi connectivity index (χ2v) is 8.35. The number of ether oxygens (including phenoxy) is 1. The van der Waals surface area contributed by atoms with Crippen molar-refractivity contribution in [3.8, 4) is 0 Å². The average molecular weight is 347 g/mol. The van der Waals surface area contributed by atoms with Gasteiger partial charge in [-0.25, -0.2) is 8.42 Å². The van der Waals surface area contributed by atoms with Gasteiger partial charge in [-0.3, -0.25) is 14.5 Å². The minimum atomic E-state index is -3.21. The van der Waals surface area contributed by atoms with Gasteiger partial charge in [0.1, 0.15) is 6.61 Å². The number of sulfone groups is 1. The molecule has 2 rings (SSSR count). The minimum absolute atomic E-state index is 0.00318. The predicted octanol–water partition coefficient (Wildman–Crippen LogP) is -1.58. The van der Waals surface area contributed by atoms with Crippen LogP contribution in [0.25, 0.3) is 0 Å². The quantitative estimate of drug-likeness (QED) is 0.597. The van der Waals surface area contributed by atoms with E-state index in [4.69, 9.17) is 4.74 Å². The third-order valence-electron chi connectivity index (χ3n) is 4.38. The molecule has 2 atom stereocenters. The summed E-state index contributed by atoms with van der Waals surface area (Å²) in [5.74, 6) is -0.293. The van der Waals surface area contributed by atoms with E-state index in [1.807, 2.05) is 4.90 Å². The Morgan fingerprint density at radius 3 is 2.43 bits per heavy atom. The van der Waals surface area contributed by atoms with E-state index in [1.165, 1.54) is 4.90 Å². The van der Waals surface area contributed by atoms with Crippen LogP contribution in [0, 0.1) is 0 Å². The van der Waals surface area contributed by atoms with Gasteiger partial charge in [0.05, 0.1) is 24.1 Å². The summed E-state index contributed by atoms with van der Waals surface area (Å²) >= 11 is 0.